The number of imidazole rings is 1. The van der Waals surface area contributed by atoms with Gasteiger partial charge >= 0.3 is 0 Å². The van der Waals surface area contributed by atoms with E-state index in [-0.39, 0.29) is 17.2 Å². The Morgan fingerprint density at radius 2 is 2.24 bits per heavy atom. The third-order valence-electron chi connectivity index (χ3n) is 2.19. The van der Waals surface area contributed by atoms with E-state index in [1.807, 2.05) is 22.6 Å². The van der Waals surface area contributed by atoms with Crippen LogP contribution in [-0.2, 0) is 0 Å². The lowest BCUT2D eigenvalue weighted by Crippen LogP contribution is -2.22. The molecule has 0 unspecified atom stereocenters. The average molecular weight is 412 g/mol. The second-order valence-electron chi connectivity index (χ2n) is 3.65. The van der Waals surface area contributed by atoms with Crippen LogP contribution in [0.3, 0.4) is 0 Å². The summed E-state index contributed by atoms with van der Waals surface area (Å²) in [4.78, 5) is 17.3. The van der Waals surface area contributed by atoms with Gasteiger partial charge in [0, 0.05) is 24.8 Å². The molecule has 2 heterocycles. The Bertz CT molecular complexity index is 611. The molecule has 0 radical (unpaired) electrons. The Balaban J connectivity index is 2.73. The van der Waals surface area contributed by atoms with Gasteiger partial charge in [-0.05, 0) is 44.6 Å². The molecule has 0 saturated carbocycles. The molecule has 7 heteroatoms. The van der Waals surface area contributed by atoms with E-state index in [0.717, 1.165) is 0 Å². The van der Waals surface area contributed by atoms with Gasteiger partial charge in [-0.25, -0.2) is 9.37 Å². The summed E-state index contributed by atoms with van der Waals surface area (Å²) >= 11 is 5.19. The highest BCUT2D eigenvalue weighted by Crippen LogP contribution is 2.22. The lowest BCUT2D eigenvalue weighted by Gasteiger charge is -2.07. The SMILES string of the molecule is CN(C)C(=O)c1nc2c(F)cc(Br)cn2c1I. The van der Waals surface area contributed by atoms with Crippen molar-refractivity contribution in [2.75, 3.05) is 14.1 Å². The molecule has 0 N–H and O–H groups in total. The van der Waals surface area contributed by atoms with Gasteiger partial charge in [-0.2, -0.15) is 0 Å². The first-order chi connectivity index (χ1) is 7.91. The molecule has 0 aliphatic heterocycles. The highest BCUT2D eigenvalue weighted by molar-refractivity contribution is 14.1. The number of aromatic nitrogens is 2. The van der Waals surface area contributed by atoms with E-state index in [9.17, 15) is 9.18 Å². The van der Waals surface area contributed by atoms with Gasteiger partial charge < -0.3 is 4.90 Å². The molecule has 0 saturated heterocycles. The molecule has 90 valence electrons. The minimum atomic E-state index is -0.463. The van der Waals surface area contributed by atoms with Crippen LogP contribution >= 0.6 is 38.5 Å². The number of fused-ring (bicyclic) bond motifs is 1. The molecule has 0 aliphatic carbocycles. The largest absolute Gasteiger partial charge is 0.343 e. The summed E-state index contributed by atoms with van der Waals surface area (Å²) < 4.78 is 16.4. The number of halogens is 3. The molecule has 2 aromatic heterocycles. The molecule has 0 aliphatic rings. The standard InChI is InChI=1S/C10H8BrFIN3O/c1-15(2)10(17)7-8(13)16-4-5(11)3-6(12)9(16)14-7/h3-4H,1-2H3. The fourth-order valence-corrected chi connectivity index (χ4v) is 2.52. The number of hydrogen-bond acceptors (Lipinski definition) is 2. The lowest BCUT2D eigenvalue weighted by molar-refractivity contribution is 0.0821. The maximum Gasteiger partial charge on any atom is 0.274 e. The average Bonchev–Trinajstić information content (AvgIpc) is 2.56. The second-order valence-corrected chi connectivity index (χ2v) is 5.59. The normalized spacial score (nSPS) is 10.9. The number of carbonyl (C=O) groups is 1. The third kappa shape index (κ3) is 2.17. The number of hydrogen-bond donors (Lipinski definition) is 0. The molecule has 0 spiro atoms. The number of rotatable bonds is 1. The van der Waals surface area contributed by atoms with Crippen LogP contribution in [-0.4, -0.2) is 34.3 Å². The summed E-state index contributed by atoms with van der Waals surface area (Å²) in [5.41, 5.74) is 0.412. The van der Waals surface area contributed by atoms with Crippen molar-refractivity contribution in [3.63, 3.8) is 0 Å². The molecule has 0 fully saturated rings. The molecule has 2 rings (SSSR count). The van der Waals surface area contributed by atoms with Crippen molar-refractivity contribution in [2.24, 2.45) is 0 Å². The highest BCUT2D eigenvalue weighted by atomic mass is 127. The first-order valence-electron chi connectivity index (χ1n) is 4.66. The second kappa shape index (κ2) is 4.52. The number of amides is 1. The zero-order valence-corrected chi connectivity index (χ0v) is 12.8. The maximum absolute atomic E-state index is 13.7. The van der Waals surface area contributed by atoms with Crippen molar-refractivity contribution in [1.29, 1.82) is 0 Å². The van der Waals surface area contributed by atoms with Gasteiger partial charge in [0.1, 0.15) is 3.70 Å². The molecule has 0 atom stereocenters. The third-order valence-corrected chi connectivity index (χ3v) is 3.66. The van der Waals surface area contributed by atoms with E-state index >= 15 is 0 Å². The van der Waals surface area contributed by atoms with Crippen molar-refractivity contribution in [3.05, 3.63) is 31.9 Å². The molecule has 0 aromatic carbocycles. The van der Waals surface area contributed by atoms with Gasteiger partial charge in [0.05, 0.1) is 0 Å². The van der Waals surface area contributed by atoms with Crippen molar-refractivity contribution in [1.82, 2.24) is 14.3 Å². The van der Waals surface area contributed by atoms with Gasteiger partial charge in [-0.3, -0.25) is 9.20 Å². The van der Waals surface area contributed by atoms with E-state index in [1.165, 1.54) is 11.0 Å². The topological polar surface area (TPSA) is 37.6 Å². The quantitative estimate of drug-likeness (QED) is 0.676. The van der Waals surface area contributed by atoms with Gasteiger partial charge in [-0.1, -0.05) is 0 Å². The van der Waals surface area contributed by atoms with Crippen LogP contribution in [0.1, 0.15) is 10.5 Å². The molecule has 4 nitrogen and oxygen atoms in total. The summed E-state index contributed by atoms with van der Waals surface area (Å²) in [5.74, 6) is -0.705. The summed E-state index contributed by atoms with van der Waals surface area (Å²) in [7, 11) is 3.27. The smallest absolute Gasteiger partial charge is 0.274 e. The van der Waals surface area contributed by atoms with E-state index in [2.05, 4.69) is 20.9 Å². The fraction of sp³-hybridized carbons (Fsp3) is 0.200. The predicted octanol–water partition coefficient (Wildman–Crippen LogP) is 2.54. The first kappa shape index (κ1) is 12.7. The van der Waals surface area contributed by atoms with Gasteiger partial charge in [0.25, 0.3) is 5.91 Å². The van der Waals surface area contributed by atoms with Crippen LogP contribution in [0.15, 0.2) is 16.7 Å². The minimum absolute atomic E-state index is 0.155. The lowest BCUT2D eigenvalue weighted by atomic mass is 10.4. The Labute approximate surface area is 119 Å². The molecular formula is C10H8BrFIN3O. The van der Waals surface area contributed by atoms with Crippen molar-refractivity contribution in [3.8, 4) is 0 Å². The highest BCUT2D eigenvalue weighted by Gasteiger charge is 2.20. The molecule has 2 aromatic rings. The maximum atomic E-state index is 13.7. The number of nitrogens with zero attached hydrogens (tertiary/aromatic N) is 3. The van der Waals surface area contributed by atoms with Crippen molar-refractivity contribution < 1.29 is 9.18 Å². The van der Waals surface area contributed by atoms with Crippen molar-refractivity contribution >= 4 is 50.1 Å². The number of carbonyl (C=O) groups excluding carboxylic acids is 1. The monoisotopic (exact) mass is 411 g/mol. The van der Waals surface area contributed by atoms with Gasteiger partial charge in [0.2, 0.25) is 0 Å². The van der Waals surface area contributed by atoms with Crippen LogP contribution in [0.25, 0.3) is 5.65 Å². The molecule has 0 bridgehead atoms. The molecule has 17 heavy (non-hydrogen) atoms. The van der Waals surface area contributed by atoms with E-state index in [1.54, 1.807) is 24.7 Å². The fourth-order valence-electron chi connectivity index (χ4n) is 1.39. The van der Waals surface area contributed by atoms with Crippen LogP contribution in [0, 0.1) is 9.52 Å². The van der Waals surface area contributed by atoms with E-state index in [4.69, 9.17) is 0 Å². The Hall–Kier alpha value is -0.700. The summed E-state index contributed by atoms with van der Waals surface area (Å²) in [6.45, 7) is 0. The minimum Gasteiger partial charge on any atom is -0.343 e. The first-order valence-corrected chi connectivity index (χ1v) is 6.53. The van der Waals surface area contributed by atoms with Gasteiger partial charge in [-0.15, -0.1) is 0 Å². The van der Waals surface area contributed by atoms with Crippen LogP contribution in [0.5, 0.6) is 0 Å². The van der Waals surface area contributed by atoms with Crippen LogP contribution in [0.4, 0.5) is 4.39 Å². The van der Waals surface area contributed by atoms with Crippen LogP contribution in [0.2, 0.25) is 0 Å². The predicted molar refractivity (Wildman–Crippen MR) is 73.6 cm³/mol. The molecule has 1 amide bonds. The summed E-state index contributed by atoms with van der Waals surface area (Å²) in [6.07, 6.45) is 1.68. The number of pyridine rings is 1. The Morgan fingerprint density at radius 3 is 2.82 bits per heavy atom. The van der Waals surface area contributed by atoms with Crippen LogP contribution < -0.4 is 0 Å². The zero-order chi connectivity index (χ0) is 12.7. The zero-order valence-electron chi connectivity index (χ0n) is 9.04. The summed E-state index contributed by atoms with van der Waals surface area (Å²) in [5, 5.41) is 0. The Morgan fingerprint density at radius 1 is 1.59 bits per heavy atom. The molecular weight excluding hydrogens is 404 g/mol. The van der Waals surface area contributed by atoms with E-state index < -0.39 is 5.82 Å². The Kier molecular flexibility index (Phi) is 3.39. The summed E-state index contributed by atoms with van der Waals surface area (Å²) in [6, 6.07) is 1.32. The van der Waals surface area contributed by atoms with E-state index in [0.29, 0.717) is 8.17 Å². The van der Waals surface area contributed by atoms with Crippen molar-refractivity contribution in [2.45, 2.75) is 0 Å². The van der Waals surface area contributed by atoms with Gasteiger partial charge in [0.15, 0.2) is 17.2 Å².